The lowest BCUT2D eigenvalue weighted by atomic mass is 10.1. The summed E-state index contributed by atoms with van der Waals surface area (Å²) in [6.07, 6.45) is 5.11. The standard InChI is InChI=1S/C24H23BrN2O2/c1-28-20-10-7-17(8-11-20)15-27-24-18(4-2-5-21-6-3-13-29-21)16-26-23-14-19(25)9-12-22(23)24/h7-12,14,16,21H,3,5-6,13,15H2,1H3,(H,26,27)/t21-/m1/s1. The minimum atomic E-state index is 0.266. The Morgan fingerprint density at radius 2 is 2.10 bits per heavy atom. The topological polar surface area (TPSA) is 43.4 Å². The summed E-state index contributed by atoms with van der Waals surface area (Å²) in [6, 6.07) is 14.2. The third-order valence-electron chi connectivity index (χ3n) is 5.04. The first-order chi connectivity index (χ1) is 14.2. The number of aromatic nitrogens is 1. The number of nitrogens with zero attached hydrogens (tertiary/aromatic N) is 1. The van der Waals surface area contributed by atoms with Crippen molar-refractivity contribution in [2.24, 2.45) is 0 Å². The maximum absolute atomic E-state index is 5.68. The molecule has 2 heterocycles. The van der Waals surface area contributed by atoms with E-state index in [1.54, 1.807) is 7.11 Å². The van der Waals surface area contributed by atoms with E-state index >= 15 is 0 Å². The Bertz CT molecular complexity index is 1050. The molecule has 4 nitrogen and oxygen atoms in total. The van der Waals surface area contributed by atoms with Gasteiger partial charge < -0.3 is 14.8 Å². The molecule has 148 valence electrons. The fourth-order valence-corrected chi connectivity index (χ4v) is 3.80. The average molecular weight is 451 g/mol. The Morgan fingerprint density at radius 3 is 2.86 bits per heavy atom. The zero-order valence-corrected chi connectivity index (χ0v) is 18.0. The van der Waals surface area contributed by atoms with E-state index in [1.165, 1.54) is 5.56 Å². The van der Waals surface area contributed by atoms with Gasteiger partial charge in [-0.3, -0.25) is 4.98 Å². The van der Waals surface area contributed by atoms with Crippen molar-refractivity contribution in [2.45, 2.75) is 31.9 Å². The fourth-order valence-electron chi connectivity index (χ4n) is 3.45. The van der Waals surface area contributed by atoms with E-state index in [4.69, 9.17) is 9.47 Å². The van der Waals surface area contributed by atoms with Crippen LogP contribution in [0, 0.1) is 11.8 Å². The van der Waals surface area contributed by atoms with Crippen LogP contribution in [0.5, 0.6) is 5.75 Å². The van der Waals surface area contributed by atoms with Gasteiger partial charge in [0.25, 0.3) is 0 Å². The molecule has 1 fully saturated rings. The van der Waals surface area contributed by atoms with Gasteiger partial charge in [0.05, 0.1) is 30.0 Å². The number of pyridine rings is 1. The summed E-state index contributed by atoms with van der Waals surface area (Å²) in [7, 11) is 1.68. The number of hydrogen-bond acceptors (Lipinski definition) is 4. The van der Waals surface area contributed by atoms with Gasteiger partial charge >= 0.3 is 0 Å². The molecular weight excluding hydrogens is 428 g/mol. The lowest BCUT2D eigenvalue weighted by molar-refractivity contribution is 0.115. The molecule has 5 heteroatoms. The molecule has 1 atom stereocenters. The van der Waals surface area contributed by atoms with E-state index in [0.29, 0.717) is 6.54 Å². The van der Waals surface area contributed by atoms with Gasteiger partial charge in [-0.25, -0.2) is 0 Å². The molecule has 0 saturated carbocycles. The predicted molar refractivity (Wildman–Crippen MR) is 120 cm³/mol. The van der Waals surface area contributed by atoms with Crippen molar-refractivity contribution in [2.75, 3.05) is 19.0 Å². The number of rotatable bonds is 5. The third-order valence-corrected chi connectivity index (χ3v) is 5.53. The number of hydrogen-bond donors (Lipinski definition) is 1. The lowest BCUT2D eigenvalue weighted by Gasteiger charge is -2.13. The van der Waals surface area contributed by atoms with Crippen LogP contribution in [0.25, 0.3) is 10.9 Å². The Hall–Kier alpha value is -2.55. The van der Waals surface area contributed by atoms with Crippen LogP contribution in [0.4, 0.5) is 5.69 Å². The highest BCUT2D eigenvalue weighted by atomic mass is 79.9. The number of methoxy groups -OCH3 is 1. The minimum Gasteiger partial charge on any atom is -0.497 e. The quantitative estimate of drug-likeness (QED) is 0.518. The predicted octanol–water partition coefficient (Wildman–Crippen LogP) is 5.54. The Labute approximate surface area is 179 Å². The molecular formula is C24H23BrN2O2. The van der Waals surface area contributed by atoms with Crippen LogP contribution in [-0.4, -0.2) is 24.8 Å². The van der Waals surface area contributed by atoms with Gasteiger partial charge in [0.2, 0.25) is 0 Å². The van der Waals surface area contributed by atoms with Gasteiger partial charge in [-0.15, -0.1) is 0 Å². The smallest absolute Gasteiger partial charge is 0.118 e. The molecule has 1 saturated heterocycles. The van der Waals surface area contributed by atoms with E-state index in [1.807, 2.05) is 30.5 Å². The molecule has 4 rings (SSSR count). The largest absolute Gasteiger partial charge is 0.497 e. The van der Waals surface area contributed by atoms with E-state index < -0.39 is 0 Å². The van der Waals surface area contributed by atoms with Crippen molar-refractivity contribution in [1.29, 1.82) is 0 Å². The van der Waals surface area contributed by atoms with Gasteiger partial charge in [0.15, 0.2) is 0 Å². The van der Waals surface area contributed by atoms with Gasteiger partial charge in [-0.2, -0.15) is 0 Å². The summed E-state index contributed by atoms with van der Waals surface area (Å²) < 4.78 is 11.9. The average Bonchev–Trinajstić information content (AvgIpc) is 3.26. The maximum Gasteiger partial charge on any atom is 0.118 e. The highest BCUT2D eigenvalue weighted by Crippen LogP contribution is 2.28. The minimum absolute atomic E-state index is 0.266. The molecule has 0 bridgehead atoms. The Morgan fingerprint density at radius 1 is 1.24 bits per heavy atom. The molecule has 0 amide bonds. The summed E-state index contributed by atoms with van der Waals surface area (Å²) >= 11 is 3.53. The van der Waals surface area contributed by atoms with E-state index in [0.717, 1.165) is 58.2 Å². The molecule has 0 unspecified atom stereocenters. The van der Waals surface area contributed by atoms with Crippen molar-refractivity contribution >= 4 is 32.5 Å². The second-order valence-electron chi connectivity index (χ2n) is 7.05. The molecule has 0 radical (unpaired) electrons. The van der Waals surface area contributed by atoms with Gasteiger partial charge in [0.1, 0.15) is 5.75 Å². The van der Waals surface area contributed by atoms with Crippen LogP contribution in [-0.2, 0) is 11.3 Å². The first kappa shape index (κ1) is 19.8. The zero-order chi connectivity index (χ0) is 20.1. The number of nitrogens with one attached hydrogen (secondary N) is 1. The number of fused-ring (bicyclic) bond motifs is 1. The molecule has 0 aliphatic carbocycles. The van der Waals surface area contributed by atoms with Crippen LogP contribution in [0.2, 0.25) is 0 Å². The van der Waals surface area contributed by atoms with E-state index in [9.17, 15) is 0 Å². The summed E-state index contributed by atoms with van der Waals surface area (Å²) in [5.41, 5.74) is 4.02. The summed E-state index contributed by atoms with van der Waals surface area (Å²) in [5.74, 6) is 7.46. The van der Waals surface area contributed by atoms with Gasteiger partial charge in [0, 0.05) is 35.6 Å². The normalized spacial score (nSPS) is 15.7. The lowest BCUT2D eigenvalue weighted by Crippen LogP contribution is -2.04. The second-order valence-corrected chi connectivity index (χ2v) is 7.97. The summed E-state index contributed by atoms with van der Waals surface area (Å²) in [6.45, 7) is 1.55. The van der Waals surface area contributed by atoms with E-state index in [2.05, 4.69) is 56.3 Å². The van der Waals surface area contributed by atoms with Crippen molar-refractivity contribution in [3.63, 3.8) is 0 Å². The monoisotopic (exact) mass is 450 g/mol. The number of benzene rings is 2. The highest BCUT2D eigenvalue weighted by molar-refractivity contribution is 9.10. The SMILES string of the molecule is COc1ccc(CNc2c(C#CC[C@@H]3CCCO3)cnc3cc(Br)ccc23)cc1. The number of halogens is 1. The molecule has 29 heavy (non-hydrogen) atoms. The van der Waals surface area contributed by atoms with Crippen LogP contribution in [0.15, 0.2) is 53.1 Å². The summed E-state index contributed by atoms with van der Waals surface area (Å²) in [5, 5.41) is 4.64. The van der Waals surface area contributed by atoms with Crippen LogP contribution >= 0.6 is 15.9 Å². The van der Waals surface area contributed by atoms with Crippen LogP contribution < -0.4 is 10.1 Å². The van der Waals surface area contributed by atoms with Gasteiger partial charge in [-0.05, 0) is 48.7 Å². The molecule has 1 N–H and O–H groups in total. The van der Waals surface area contributed by atoms with Crippen LogP contribution in [0.3, 0.4) is 0 Å². The second kappa shape index (κ2) is 9.30. The number of anilines is 1. The Kier molecular flexibility index (Phi) is 6.33. The molecule has 1 aliphatic heterocycles. The van der Waals surface area contributed by atoms with Gasteiger partial charge in [-0.1, -0.05) is 39.9 Å². The fraction of sp³-hybridized carbons (Fsp3) is 0.292. The highest BCUT2D eigenvalue weighted by Gasteiger charge is 2.14. The maximum atomic E-state index is 5.68. The van der Waals surface area contributed by atoms with Crippen molar-refractivity contribution in [3.05, 3.63) is 64.3 Å². The summed E-state index contributed by atoms with van der Waals surface area (Å²) in [4.78, 5) is 4.61. The molecule has 0 spiro atoms. The molecule has 3 aromatic rings. The first-order valence-electron chi connectivity index (χ1n) is 9.78. The van der Waals surface area contributed by atoms with Crippen LogP contribution in [0.1, 0.15) is 30.4 Å². The molecule has 2 aromatic carbocycles. The Balaban J connectivity index is 1.61. The van der Waals surface area contributed by atoms with Crippen molar-refractivity contribution in [3.8, 4) is 17.6 Å². The number of ether oxygens (including phenoxy) is 2. The van der Waals surface area contributed by atoms with Crippen molar-refractivity contribution < 1.29 is 9.47 Å². The third kappa shape index (κ3) is 4.90. The molecule has 1 aromatic heterocycles. The van der Waals surface area contributed by atoms with Crippen molar-refractivity contribution in [1.82, 2.24) is 4.98 Å². The zero-order valence-electron chi connectivity index (χ0n) is 16.4. The first-order valence-corrected chi connectivity index (χ1v) is 10.6. The molecule has 1 aliphatic rings. The van der Waals surface area contributed by atoms with E-state index in [-0.39, 0.29) is 6.10 Å².